The van der Waals surface area contributed by atoms with Crippen LogP contribution in [0.3, 0.4) is 0 Å². The maximum Gasteiger partial charge on any atom is 0.332 e. The molecule has 0 spiro atoms. The largest absolute Gasteiger partial charge is 0.336 e. The standard InChI is InChI=1S/C16H22N4O2/c1-4-11(10-8-6-5-7-9-10)13-17-12-14(18-13)19(2)16(22)20(3)15(12)21/h8,11H,4-7,9H2,1-3H3,(H,17,18)/t11-/m1/s1. The molecular formula is C16H22N4O2. The predicted octanol–water partition coefficient (Wildman–Crippen LogP) is 1.95. The number of nitrogens with zero attached hydrogens (tertiary/aromatic N) is 3. The monoisotopic (exact) mass is 302 g/mol. The van der Waals surface area contributed by atoms with Crippen LogP contribution in [0.5, 0.6) is 0 Å². The fraction of sp³-hybridized carbons (Fsp3) is 0.562. The van der Waals surface area contributed by atoms with E-state index in [-0.39, 0.29) is 17.2 Å². The minimum absolute atomic E-state index is 0.201. The molecule has 0 bridgehead atoms. The molecule has 0 aromatic carbocycles. The number of aromatic amines is 1. The Bertz CT molecular complexity index is 853. The number of aryl methyl sites for hydroxylation is 1. The van der Waals surface area contributed by atoms with E-state index >= 15 is 0 Å². The number of H-pyrrole nitrogens is 1. The van der Waals surface area contributed by atoms with E-state index in [2.05, 4.69) is 23.0 Å². The average Bonchev–Trinajstić information content (AvgIpc) is 2.98. The van der Waals surface area contributed by atoms with Gasteiger partial charge in [0.1, 0.15) is 11.3 Å². The molecular weight excluding hydrogens is 280 g/mol. The number of fused-ring (bicyclic) bond motifs is 1. The van der Waals surface area contributed by atoms with Gasteiger partial charge in [-0.2, -0.15) is 0 Å². The van der Waals surface area contributed by atoms with Crippen molar-refractivity contribution in [2.24, 2.45) is 14.1 Å². The maximum absolute atomic E-state index is 12.3. The van der Waals surface area contributed by atoms with Crippen LogP contribution in [0.2, 0.25) is 0 Å². The Morgan fingerprint density at radius 1 is 1.27 bits per heavy atom. The van der Waals surface area contributed by atoms with Gasteiger partial charge in [-0.3, -0.25) is 13.9 Å². The lowest BCUT2D eigenvalue weighted by Crippen LogP contribution is -2.36. The van der Waals surface area contributed by atoms with Crippen molar-refractivity contribution in [1.29, 1.82) is 0 Å². The van der Waals surface area contributed by atoms with E-state index in [4.69, 9.17) is 0 Å². The first-order valence-corrected chi connectivity index (χ1v) is 7.89. The number of imidazole rings is 1. The van der Waals surface area contributed by atoms with Gasteiger partial charge in [0.05, 0.1) is 0 Å². The molecule has 2 heterocycles. The molecule has 0 aliphatic heterocycles. The van der Waals surface area contributed by atoms with E-state index in [0.717, 1.165) is 29.7 Å². The summed E-state index contributed by atoms with van der Waals surface area (Å²) in [5.41, 5.74) is 1.59. The summed E-state index contributed by atoms with van der Waals surface area (Å²) >= 11 is 0. The summed E-state index contributed by atoms with van der Waals surface area (Å²) in [6, 6.07) is 0. The van der Waals surface area contributed by atoms with E-state index in [0.29, 0.717) is 11.2 Å². The minimum Gasteiger partial charge on any atom is -0.336 e. The normalized spacial score (nSPS) is 16.8. The molecule has 6 heteroatoms. The maximum atomic E-state index is 12.3. The smallest absolute Gasteiger partial charge is 0.332 e. The summed E-state index contributed by atoms with van der Waals surface area (Å²) in [5.74, 6) is 0.997. The summed E-state index contributed by atoms with van der Waals surface area (Å²) < 4.78 is 2.55. The van der Waals surface area contributed by atoms with E-state index in [1.54, 1.807) is 7.05 Å². The van der Waals surface area contributed by atoms with E-state index in [9.17, 15) is 9.59 Å². The molecule has 2 aromatic rings. The molecule has 22 heavy (non-hydrogen) atoms. The van der Waals surface area contributed by atoms with Gasteiger partial charge in [0.25, 0.3) is 5.56 Å². The average molecular weight is 302 g/mol. The van der Waals surface area contributed by atoms with Crippen molar-refractivity contribution >= 4 is 11.2 Å². The van der Waals surface area contributed by atoms with Crippen molar-refractivity contribution in [1.82, 2.24) is 19.1 Å². The summed E-state index contributed by atoms with van der Waals surface area (Å²) in [6.07, 6.45) is 7.90. The topological polar surface area (TPSA) is 72.7 Å². The molecule has 6 nitrogen and oxygen atoms in total. The lowest BCUT2D eigenvalue weighted by molar-refractivity contribution is 0.612. The van der Waals surface area contributed by atoms with Gasteiger partial charge >= 0.3 is 5.69 Å². The van der Waals surface area contributed by atoms with Crippen LogP contribution in [-0.2, 0) is 14.1 Å². The van der Waals surface area contributed by atoms with E-state index < -0.39 is 0 Å². The van der Waals surface area contributed by atoms with Gasteiger partial charge < -0.3 is 4.98 Å². The number of allylic oxidation sites excluding steroid dienone is 2. The molecule has 0 unspecified atom stereocenters. The molecule has 0 fully saturated rings. The zero-order chi connectivity index (χ0) is 15.9. The van der Waals surface area contributed by atoms with Gasteiger partial charge in [-0.25, -0.2) is 9.78 Å². The zero-order valence-electron chi connectivity index (χ0n) is 13.3. The fourth-order valence-corrected chi connectivity index (χ4v) is 3.32. The second-order valence-electron chi connectivity index (χ2n) is 6.01. The van der Waals surface area contributed by atoms with E-state index in [1.807, 2.05) is 0 Å². The van der Waals surface area contributed by atoms with Crippen LogP contribution < -0.4 is 11.2 Å². The first-order chi connectivity index (χ1) is 10.5. The molecule has 1 aliphatic rings. The molecule has 2 aromatic heterocycles. The number of rotatable bonds is 3. The third-order valence-electron chi connectivity index (χ3n) is 4.63. The van der Waals surface area contributed by atoms with Gasteiger partial charge in [-0.05, 0) is 32.1 Å². The second-order valence-corrected chi connectivity index (χ2v) is 6.01. The molecule has 118 valence electrons. The van der Waals surface area contributed by atoms with Crippen molar-refractivity contribution in [3.63, 3.8) is 0 Å². The molecule has 0 radical (unpaired) electrons. The molecule has 0 saturated carbocycles. The third kappa shape index (κ3) is 2.23. The van der Waals surface area contributed by atoms with Crippen LogP contribution in [-0.4, -0.2) is 19.1 Å². The lowest BCUT2D eigenvalue weighted by Gasteiger charge is -2.20. The van der Waals surface area contributed by atoms with Crippen molar-refractivity contribution in [2.45, 2.75) is 44.9 Å². The SMILES string of the molecule is CC[C@H](C1=CCCCC1)c1nc2c([nH]1)c(=O)n(C)c(=O)n2C. The molecule has 1 aliphatic carbocycles. The molecule has 0 saturated heterocycles. The summed E-state index contributed by atoms with van der Waals surface area (Å²) in [7, 11) is 3.14. The number of hydrogen-bond acceptors (Lipinski definition) is 3. The summed E-state index contributed by atoms with van der Waals surface area (Å²) in [5, 5.41) is 0. The fourth-order valence-electron chi connectivity index (χ4n) is 3.32. The van der Waals surface area contributed by atoms with Crippen molar-refractivity contribution < 1.29 is 0 Å². The van der Waals surface area contributed by atoms with Gasteiger partial charge in [0.2, 0.25) is 0 Å². The highest BCUT2D eigenvalue weighted by Crippen LogP contribution is 2.33. The molecule has 3 rings (SSSR count). The van der Waals surface area contributed by atoms with Crippen molar-refractivity contribution in [3.8, 4) is 0 Å². The highest BCUT2D eigenvalue weighted by atomic mass is 16.2. The number of hydrogen-bond donors (Lipinski definition) is 1. The van der Waals surface area contributed by atoms with Crippen LogP contribution in [0.25, 0.3) is 11.2 Å². The zero-order valence-corrected chi connectivity index (χ0v) is 13.3. The summed E-state index contributed by atoms with van der Waals surface area (Å²) in [4.78, 5) is 32.0. The Morgan fingerprint density at radius 2 is 2.05 bits per heavy atom. The Labute approximate surface area is 128 Å². The predicted molar refractivity (Wildman–Crippen MR) is 86.2 cm³/mol. The summed E-state index contributed by atoms with van der Waals surface area (Å²) in [6.45, 7) is 2.13. The van der Waals surface area contributed by atoms with Crippen LogP contribution in [0, 0.1) is 0 Å². The van der Waals surface area contributed by atoms with Gasteiger partial charge in [0.15, 0.2) is 5.65 Å². The van der Waals surface area contributed by atoms with Crippen molar-refractivity contribution in [2.75, 3.05) is 0 Å². The number of nitrogens with one attached hydrogen (secondary N) is 1. The Balaban J connectivity index is 2.18. The van der Waals surface area contributed by atoms with Gasteiger partial charge in [0, 0.05) is 20.0 Å². The van der Waals surface area contributed by atoms with Crippen LogP contribution >= 0.6 is 0 Å². The van der Waals surface area contributed by atoms with Gasteiger partial charge in [-0.1, -0.05) is 18.6 Å². The first kappa shape index (κ1) is 14.8. The van der Waals surface area contributed by atoms with Crippen molar-refractivity contribution in [3.05, 3.63) is 38.3 Å². The molecule has 0 amide bonds. The minimum atomic E-state index is -0.347. The Morgan fingerprint density at radius 3 is 2.68 bits per heavy atom. The highest BCUT2D eigenvalue weighted by Gasteiger charge is 2.22. The van der Waals surface area contributed by atoms with Crippen LogP contribution in [0.1, 0.15) is 50.8 Å². The second kappa shape index (κ2) is 5.59. The quantitative estimate of drug-likeness (QED) is 0.881. The first-order valence-electron chi connectivity index (χ1n) is 7.89. The van der Waals surface area contributed by atoms with Crippen LogP contribution in [0.15, 0.2) is 21.2 Å². The lowest BCUT2D eigenvalue weighted by atomic mass is 9.87. The van der Waals surface area contributed by atoms with Gasteiger partial charge in [-0.15, -0.1) is 0 Å². The highest BCUT2D eigenvalue weighted by molar-refractivity contribution is 5.70. The Hall–Kier alpha value is -2.11. The van der Waals surface area contributed by atoms with E-state index in [1.165, 1.54) is 30.0 Å². The Kier molecular flexibility index (Phi) is 3.76. The third-order valence-corrected chi connectivity index (χ3v) is 4.63. The van der Waals surface area contributed by atoms with Crippen LogP contribution in [0.4, 0.5) is 0 Å². The molecule has 1 N–H and O–H groups in total. The molecule has 1 atom stereocenters. The number of aromatic nitrogens is 4.